The molecule has 0 aromatic heterocycles. The van der Waals surface area contributed by atoms with Crippen LogP contribution in [0.4, 0.5) is 0 Å². The SMILES string of the molecule is CC(=O)N1C2CCCC13C=CC(=O)C[C@@H]3OC2. The first-order valence-electron chi connectivity index (χ1n) is 6.27. The molecule has 17 heavy (non-hydrogen) atoms. The lowest BCUT2D eigenvalue weighted by atomic mass is 9.73. The van der Waals surface area contributed by atoms with Crippen LogP contribution in [0.2, 0.25) is 0 Å². The van der Waals surface area contributed by atoms with Crippen LogP contribution in [0, 0.1) is 0 Å². The fourth-order valence-corrected chi connectivity index (χ4v) is 3.60. The maximum atomic E-state index is 11.9. The first-order valence-corrected chi connectivity index (χ1v) is 6.27. The largest absolute Gasteiger partial charge is 0.373 e. The van der Waals surface area contributed by atoms with Gasteiger partial charge in [-0.1, -0.05) is 6.08 Å². The average molecular weight is 235 g/mol. The highest BCUT2D eigenvalue weighted by Gasteiger charge is 2.54. The van der Waals surface area contributed by atoms with Gasteiger partial charge >= 0.3 is 0 Å². The molecule has 0 saturated carbocycles. The number of carbonyl (C=O) groups is 2. The molecule has 3 aliphatic rings. The Morgan fingerprint density at radius 1 is 1.59 bits per heavy atom. The zero-order valence-corrected chi connectivity index (χ0v) is 10.0. The van der Waals surface area contributed by atoms with E-state index < -0.39 is 0 Å². The van der Waals surface area contributed by atoms with Gasteiger partial charge < -0.3 is 9.64 Å². The number of rotatable bonds is 0. The van der Waals surface area contributed by atoms with Gasteiger partial charge in [-0.2, -0.15) is 0 Å². The van der Waals surface area contributed by atoms with Crippen LogP contribution in [-0.2, 0) is 14.3 Å². The molecule has 1 aliphatic carbocycles. The summed E-state index contributed by atoms with van der Waals surface area (Å²) in [4.78, 5) is 25.3. The van der Waals surface area contributed by atoms with E-state index in [0.29, 0.717) is 13.0 Å². The molecule has 2 aliphatic heterocycles. The third-order valence-corrected chi connectivity index (χ3v) is 4.26. The topological polar surface area (TPSA) is 46.6 Å². The second-order valence-corrected chi connectivity index (χ2v) is 5.25. The van der Waals surface area contributed by atoms with E-state index in [-0.39, 0.29) is 29.4 Å². The van der Waals surface area contributed by atoms with Crippen LogP contribution in [0.1, 0.15) is 32.6 Å². The Balaban J connectivity index is 2.06. The molecule has 0 radical (unpaired) electrons. The summed E-state index contributed by atoms with van der Waals surface area (Å²) in [6.45, 7) is 2.19. The third-order valence-electron chi connectivity index (χ3n) is 4.26. The van der Waals surface area contributed by atoms with Crippen molar-refractivity contribution in [2.24, 2.45) is 0 Å². The number of amides is 1. The Hall–Kier alpha value is -1.16. The predicted octanol–water partition coefficient (Wildman–Crippen LogP) is 1.05. The van der Waals surface area contributed by atoms with Gasteiger partial charge in [0, 0.05) is 13.3 Å². The standard InChI is InChI=1S/C13H17NO3/c1-9(15)14-10-3-2-5-13(14)6-4-11(16)7-12(13)17-8-10/h4,6,10,12H,2-3,5,7-8H2,1H3/t10?,12-,13?/m0/s1. The van der Waals surface area contributed by atoms with Gasteiger partial charge in [-0.25, -0.2) is 0 Å². The number of morpholine rings is 1. The summed E-state index contributed by atoms with van der Waals surface area (Å²) in [7, 11) is 0. The van der Waals surface area contributed by atoms with Crippen LogP contribution in [0.5, 0.6) is 0 Å². The molecule has 3 atom stereocenters. The maximum absolute atomic E-state index is 11.9. The van der Waals surface area contributed by atoms with Crippen molar-refractivity contribution in [1.82, 2.24) is 4.90 Å². The van der Waals surface area contributed by atoms with E-state index in [4.69, 9.17) is 4.74 Å². The van der Waals surface area contributed by atoms with Crippen LogP contribution < -0.4 is 0 Å². The van der Waals surface area contributed by atoms with Gasteiger partial charge in [-0.05, 0) is 25.3 Å². The zero-order chi connectivity index (χ0) is 12.0. The first kappa shape index (κ1) is 11.0. The van der Waals surface area contributed by atoms with Gasteiger partial charge in [-0.15, -0.1) is 0 Å². The number of piperidine rings is 1. The Morgan fingerprint density at radius 3 is 3.18 bits per heavy atom. The monoisotopic (exact) mass is 235 g/mol. The highest BCUT2D eigenvalue weighted by atomic mass is 16.5. The van der Waals surface area contributed by atoms with Crippen LogP contribution in [-0.4, -0.2) is 40.9 Å². The molecule has 3 rings (SSSR count). The van der Waals surface area contributed by atoms with Gasteiger partial charge in [-0.3, -0.25) is 9.59 Å². The van der Waals surface area contributed by atoms with Gasteiger partial charge in [0.15, 0.2) is 5.78 Å². The van der Waals surface area contributed by atoms with Gasteiger partial charge in [0.25, 0.3) is 0 Å². The molecule has 4 heteroatoms. The van der Waals surface area contributed by atoms with Crippen molar-refractivity contribution >= 4 is 11.7 Å². The van der Waals surface area contributed by atoms with Crippen LogP contribution >= 0.6 is 0 Å². The molecule has 1 amide bonds. The Morgan fingerprint density at radius 2 is 2.41 bits per heavy atom. The summed E-state index contributed by atoms with van der Waals surface area (Å²) in [5.41, 5.74) is -0.346. The second kappa shape index (κ2) is 3.67. The number of ketones is 1. The fraction of sp³-hybridized carbons (Fsp3) is 0.692. The number of nitrogens with zero attached hydrogens (tertiary/aromatic N) is 1. The van der Waals surface area contributed by atoms with Crippen LogP contribution in [0.15, 0.2) is 12.2 Å². The zero-order valence-electron chi connectivity index (χ0n) is 10.0. The number of hydrogen-bond acceptors (Lipinski definition) is 3. The van der Waals surface area contributed by atoms with E-state index >= 15 is 0 Å². The highest BCUT2D eigenvalue weighted by Crippen LogP contribution is 2.43. The molecule has 4 nitrogen and oxygen atoms in total. The summed E-state index contributed by atoms with van der Waals surface area (Å²) < 4.78 is 5.82. The van der Waals surface area contributed by atoms with Gasteiger partial charge in [0.2, 0.25) is 5.91 Å². The summed E-state index contributed by atoms with van der Waals surface area (Å²) in [5.74, 6) is 0.204. The molecule has 0 aromatic rings. The number of allylic oxidation sites excluding steroid dienone is 1. The molecule has 2 heterocycles. The van der Waals surface area contributed by atoms with Crippen LogP contribution in [0.3, 0.4) is 0 Å². The molecule has 2 bridgehead atoms. The molecule has 1 spiro atoms. The summed E-state index contributed by atoms with van der Waals surface area (Å²) >= 11 is 0. The Kier molecular flexibility index (Phi) is 2.36. The summed E-state index contributed by atoms with van der Waals surface area (Å²) in [5, 5.41) is 0. The highest BCUT2D eigenvalue weighted by molar-refractivity contribution is 5.92. The quantitative estimate of drug-likeness (QED) is 0.630. The van der Waals surface area contributed by atoms with E-state index in [1.54, 1.807) is 13.0 Å². The van der Waals surface area contributed by atoms with E-state index in [2.05, 4.69) is 0 Å². The molecule has 2 saturated heterocycles. The molecule has 0 N–H and O–H groups in total. The van der Waals surface area contributed by atoms with Crippen LogP contribution in [0.25, 0.3) is 0 Å². The number of ether oxygens (including phenoxy) is 1. The van der Waals surface area contributed by atoms with Crippen molar-refractivity contribution in [1.29, 1.82) is 0 Å². The minimum Gasteiger partial charge on any atom is -0.373 e. The molecular weight excluding hydrogens is 218 g/mol. The number of carbonyl (C=O) groups excluding carboxylic acids is 2. The first-order chi connectivity index (χ1) is 8.13. The second-order valence-electron chi connectivity index (χ2n) is 5.25. The Bertz CT molecular complexity index is 403. The number of hydrogen-bond donors (Lipinski definition) is 0. The predicted molar refractivity (Wildman–Crippen MR) is 61.4 cm³/mol. The molecular formula is C13H17NO3. The van der Waals surface area contributed by atoms with Gasteiger partial charge in [0.1, 0.15) is 0 Å². The van der Waals surface area contributed by atoms with E-state index in [9.17, 15) is 9.59 Å². The molecule has 0 aromatic carbocycles. The molecule has 2 fully saturated rings. The molecule has 92 valence electrons. The maximum Gasteiger partial charge on any atom is 0.220 e. The lowest BCUT2D eigenvalue weighted by Crippen LogP contribution is -2.69. The van der Waals surface area contributed by atoms with E-state index in [0.717, 1.165) is 19.3 Å². The minimum absolute atomic E-state index is 0.0991. The lowest BCUT2D eigenvalue weighted by Gasteiger charge is -2.57. The smallest absolute Gasteiger partial charge is 0.220 e. The van der Waals surface area contributed by atoms with Crippen molar-refractivity contribution in [2.45, 2.75) is 50.3 Å². The van der Waals surface area contributed by atoms with E-state index in [1.165, 1.54) is 0 Å². The van der Waals surface area contributed by atoms with Crippen molar-refractivity contribution < 1.29 is 14.3 Å². The minimum atomic E-state index is -0.346. The van der Waals surface area contributed by atoms with Gasteiger partial charge in [0.05, 0.1) is 24.3 Å². The fourth-order valence-electron chi connectivity index (χ4n) is 3.60. The third kappa shape index (κ3) is 1.47. The van der Waals surface area contributed by atoms with Crippen molar-refractivity contribution in [3.05, 3.63) is 12.2 Å². The number of fused-ring (bicyclic) bond motifs is 1. The van der Waals surface area contributed by atoms with Crippen molar-refractivity contribution in [3.8, 4) is 0 Å². The van der Waals surface area contributed by atoms with E-state index in [1.807, 2.05) is 11.0 Å². The Labute approximate surface area is 101 Å². The van der Waals surface area contributed by atoms with Crippen molar-refractivity contribution in [2.75, 3.05) is 6.61 Å². The summed E-state index contributed by atoms with van der Waals surface area (Å²) in [6, 6.07) is 0.190. The molecule has 2 unspecified atom stereocenters. The normalized spacial score (nSPS) is 40.1. The average Bonchev–Trinajstić information content (AvgIpc) is 2.29. The lowest BCUT2D eigenvalue weighted by molar-refractivity contribution is -0.180. The van der Waals surface area contributed by atoms with Crippen molar-refractivity contribution in [3.63, 3.8) is 0 Å². The summed E-state index contributed by atoms with van der Waals surface area (Å²) in [6.07, 6.45) is 6.84.